The molecular weight excluding hydrogens is 220 g/mol. The molecule has 3 N–H and O–H groups in total. The zero-order chi connectivity index (χ0) is 12.0. The molecule has 4 nitrogen and oxygen atoms in total. The van der Waals surface area contributed by atoms with Gasteiger partial charge in [-0.15, -0.1) is 0 Å². The van der Waals surface area contributed by atoms with Crippen molar-refractivity contribution in [2.24, 2.45) is 0 Å². The molecule has 0 bridgehead atoms. The smallest absolute Gasteiger partial charge is 0.165 e. The van der Waals surface area contributed by atoms with Crippen molar-refractivity contribution in [2.45, 2.75) is 19.4 Å². The molecule has 0 fully saturated rings. The maximum absolute atomic E-state index is 8.81. The molecule has 1 heterocycles. The third-order valence-corrected chi connectivity index (χ3v) is 2.98. The van der Waals surface area contributed by atoms with E-state index in [1.165, 1.54) is 0 Å². The molecule has 0 amide bonds. The summed E-state index contributed by atoms with van der Waals surface area (Å²) in [5, 5.41) is 12.1. The Bertz CT molecular complexity index is 386. The predicted octanol–water partition coefficient (Wildman–Crippen LogP) is 2.09. The molecule has 1 aromatic heterocycles. The van der Waals surface area contributed by atoms with E-state index in [0.717, 1.165) is 12.2 Å². The van der Waals surface area contributed by atoms with Gasteiger partial charge in [0.05, 0.1) is 5.69 Å². The van der Waals surface area contributed by atoms with Crippen LogP contribution in [0.1, 0.15) is 19.0 Å². The van der Waals surface area contributed by atoms with Gasteiger partial charge < -0.3 is 11.1 Å². The van der Waals surface area contributed by atoms with E-state index in [2.05, 4.69) is 23.5 Å². The first-order chi connectivity index (χ1) is 7.71. The van der Waals surface area contributed by atoms with Gasteiger partial charge in [-0.25, -0.2) is 4.98 Å². The fraction of sp³-hybridized carbons (Fsp3) is 0.455. The van der Waals surface area contributed by atoms with Gasteiger partial charge in [0.2, 0.25) is 0 Å². The van der Waals surface area contributed by atoms with Crippen molar-refractivity contribution < 1.29 is 0 Å². The second-order valence-electron chi connectivity index (χ2n) is 3.45. The number of nitriles is 1. The second kappa shape index (κ2) is 6.23. The van der Waals surface area contributed by atoms with Gasteiger partial charge in [-0.05, 0) is 24.8 Å². The number of pyridine rings is 1. The highest BCUT2D eigenvalue weighted by Gasteiger charge is 2.07. The number of aromatic nitrogens is 1. The van der Waals surface area contributed by atoms with Gasteiger partial charge in [-0.3, -0.25) is 0 Å². The van der Waals surface area contributed by atoms with E-state index in [1.54, 1.807) is 23.9 Å². The molecule has 1 rings (SSSR count). The Morgan fingerprint density at radius 1 is 1.62 bits per heavy atom. The minimum Gasteiger partial charge on any atom is -0.396 e. The number of nitrogens with zero attached hydrogens (tertiary/aromatic N) is 2. The lowest BCUT2D eigenvalue weighted by atomic mass is 10.2. The summed E-state index contributed by atoms with van der Waals surface area (Å²) in [4.78, 5) is 4.15. The average molecular weight is 236 g/mol. The van der Waals surface area contributed by atoms with Crippen molar-refractivity contribution in [3.8, 4) is 6.07 Å². The lowest BCUT2D eigenvalue weighted by molar-refractivity contribution is 0.770. The van der Waals surface area contributed by atoms with Crippen LogP contribution in [0.2, 0.25) is 0 Å². The van der Waals surface area contributed by atoms with Gasteiger partial charge in [0.25, 0.3) is 0 Å². The molecule has 0 aliphatic rings. The Kier molecular flexibility index (Phi) is 4.93. The summed E-state index contributed by atoms with van der Waals surface area (Å²) in [6.07, 6.45) is 3.09. The first-order valence-electron chi connectivity index (χ1n) is 5.13. The number of nitrogens with two attached hydrogens (primary N) is 1. The van der Waals surface area contributed by atoms with Crippen LogP contribution in [0.25, 0.3) is 0 Å². The van der Waals surface area contributed by atoms with Gasteiger partial charge in [-0.1, -0.05) is 6.92 Å². The molecule has 0 spiro atoms. The lowest BCUT2D eigenvalue weighted by Crippen LogP contribution is -2.22. The Hall–Kier alpha value is -1.41. The predicted molar refractivity (Wildman–Crippen MR) is 69.4 cm³/mol. The molecule has 1 unspecified atom stereocenters. The molecular formula is C11H16N4S. The maximum Gasteiger partial charge on any atom is 0.165 e. The lowest BCUT2D eigenvalue weighted by Gasteiger charge is -2.16. The molecule has 16 heavy (non-hydrogen) atoms. The molecule has 5 heteroatoms. The molecule has 0 saturated carbocycles. The highest BCUT2D eigenvalue weighted by atomic mass is 32.2. The minimum absolute atomic E-state index is 0.281. The van der Waals surface area contributed by atoms with E-state index in [-0.39, 0.29) is 5.69 Å². The van der Waals surface area contributed by atoms with E-state index in [9.17, 15) is 0 Å². The average Bonchev–Trinajstić information content (AvgIpc) is 2.30. The normalized spacial score (nSPS) is 11.8. The van der Waals surface area contributed by atoms with E-state index in [0.29, 0.717) is 17.5 Å². The van der Waals surface area contributed by atoms with E-state index < -0.39 is 0 Å². The summed E-state index contributed by atoms with van der Waals surface area (Å²) in [5.74, 6) is 1.73. The highest BCUT2D eigenvalue weighted by molar-refractivity contribution is 7.98. The first kappa shape index (κ1) is 12.7. The standard InChI is InChI=1S/C11H16N4S/c1-3-8(7-16-2)14-11-5-4-9(13)10(6-12)15-11/h4-5,8H,3,7,13H2,1-2H3,(H,14,15). The number of hydrogen-bond acceptors (Lipinski definition) is 5. The minimum atomic E-state index is 0.281. The van der Waals surface area contributed by atoms with Crippen molar-refractivity contribution in [3.05, 3.63) is 17.8 Å². The Labute approximate surface area is 100 Å². The van der Waals surface area contributed by atoms with Crippen LogP contribution in [-0.4, -0.2) is 23.0 Å². The first-order valence-corrected chi connectivity index (χ1v) is 6.52. The van der Waals surface area contributed by atoms with Gasteiger partial charge in [0, 0.05) is 11.8 Å². The summed E-state index contributed by atoms with van der Waals surface area (Å²) in [6, 6.07) is 5.86. The van der Waals surface area contributed by atoms with Crippen LogP contribution in [0.15, 0.2) is 12.1 Å². The Morgan fingerprint density at radius 3 is 2.94 bits per heavy atom. The molecule has 0 saturated heterocycles. The summed E-state index contributed by atoms with van der Waals surface area (Å²) < 4.78 is 0. The van der Waals surface area contributed by atoms with Crippen LogP contribution in [0.4, 0.5) is 11.5 Å². The number of rotatable bonds is 5. The number of thioether (sulfide) groups is 1. The largest absolute Gasteiger partial charge is 0.396 e. The zero-order valence-electron chi connectivity index (χ0n) is 9.53. The van der Waals surface area contributed by atoms with Crippen molar-refractivity contribution >= 4 is 23.3 Å². The van der Waals surface area contributed by atoms with Crippen LogP contribution < -0.4 is 11.1 Å². The van der Waals surface area contributed by atoms with E-state index in [4.69, 9.17) is 11.0 Å². The van der Waals surface area contributed by atoms with Gasteiger partial charge >= 0.3 is 0 Å². The van der Waals surface area contributed by atoms with Crippen molar-refractivity contribution in [1.29, 1.82) is 5.26 Å². The monoisotopic (exact) mass is 236 g/mol. The van der Waals surface area contributed by atoms with Crippen LogP contribution in [-0.2, 0) is 0 Å². The van der Waals surface area contributed by atoms with Crippen LogP contribution in [0, 0.1) is 11.3 Å². The Morgan fingerprint density at radius 2 is 2.38 bits per heavy atom. The van der Waals surface area contributed by atoms with Gasteiger partial charge in [0.1, 0.15) is 11.9 Å². The summed E-state index contributed by atoms with van der Waals surface area (Å²) >= 11 is 1.79. The van der Waals surface area contributed by atoms with Gasteiger partial charge in [0.15, 0.2) is 5.69 Å². The summed E-state index contributed by atoms with van der Waals surface area (Å²) in [7, 11) is 0. The molecule has 86 valence electrons. The fourth-order valence-electron chi connectivity index (χ4n) is 1.31. The third-order valence-electron chi connectivity index (χ3n) is 2.25. The van der Waals surface area contributed by atoms with E-state index >= 15 is 0 Å². The van der Waals surface area contributed by atoms with Crippen LogP contribution >= 0.6 is 11.8 Å². The fourth-order valence-corrected chi connectivity index (χ4v) is 2.03. The van der Waals surface area contributed by atoms with Crippen molar-refractivity contribution in [3.63, 3.8) is 0 Å². The van der Waals surface area contributed by atoms with Crippen LogP contribution in [0.3, 0.4) is 0 Å². The Balaban J connectivity index is 2.77. The summed E-state index contributed by atoms with van der Waals surface area (Å²) in [6.45, 7) is 2.12. The number of hydrogen-bond donors (Lipinski definition) is 2. The van der Waals surface area contributed by atoms with E-state index in [1.807, 2.05) is 6.07 Å². The van der Waals surface area contributed by atoms with Crippen molar-refractivity contribution in [1.82, 2.24) is 4.98 Å². The molecule has 1 atom stereocenters. The zero-order valence-corrected chi connectivity index (χ0v) is 10.3. The second-order valence-corrected chi connectivity index (χ2v) is 4.36. The topological polar surface area (TPSA) is 74.7 Å². The molecule has 0 aliphatic carbocycles. The number of anilines is 2. The molecule has 1 aromatic rings. The SMILES string of the molecule is CCC(CSC)Nc1ccc(N)c(C#N)n1. The molecule has 0 radical (unpaired) electrons. The summed E-state index contributed by atoms with van der Waals surface area (Å²) in [5.41, 5.74) is 6.31. The van der Waals surface area contributed by atoms with Crippen molar-refractivity contribution in [2.75, 3.05) is 23.1 Å². The third kappa shape index (κ3) is 3.31. The maximum atomic E-state index is 8.81. The van der Waals surface area contributed by atoms with Crippen LogP contribution in [0.5, 0.6) is 0 Å². The number of nitrogen functional groups attached to an aromatic ring is 1. The quantitative estimate of drug-likeness (QED) is 0.818. The molecule has 0 aromatic carbocycles. The highest BCUT2D eigenvalue weighted by Crippen LogP contribution is 2.14. The number of nitrogens with one attached hydrogen (secondary N) is 1. The molecule has 0 aliphatic heterocycles. The van der Waals surface area contributed by atoms with Gasteiger partial charge in [-0.2, -0.15) is 17.0 Å².